The summed E-state index contributed by atoms with van der Waals surface area (Å²) in [7, 11) is -3.63. The number of amides is 1. The van der Waals surface area contributed by atoms with Gasteiger partial charge in [0.05, 0.1) is 15.7 Å². The first-order valence-corrected chi connectivity index (χ1v) is 11.0. The van der Waals surface area contributed by atoms with Gasteiger partial charge in [0, 0.05) is 16.8 Å². The molecule has 0 bridgehead atoms. The summed E-state index contributed by atoms with van der Waals surface area (Å²) in [5, 5.41) is 3.17. The number of sulfonamides is 1. The van der Waals surface area contributed by atoms with Gasteiger partial charge in [-0.15, -0.1) is 11.8 Å². The van der Waals surface area contributed by atoms with E-state index in [1.54, 1.807) is 54.6 Å². The van der Waals surface area contributed by atoms with E-state index in [1.165, 1.54) is 30.1 Å². The molecule has 0 fully saturated rings. The molecule has 2 aromatic carbocycles. The predicted octanol–water partition coefficient (Wildman–Crippen LogP) is 4.27. The number of benzene rings is 2. The van der Waals surface area contributed by atoms with E-state index >= 15 is 0 Å². The van der Waals surface area contributed by atoms with Crippen molar-refractivity contribution >= 4 is 50.8 Å². The molecule has 0 saturated carbocycles. The first-order chi connectivity index (χ1) is 13.4. The van der Waals surface area contributed by atoms with Crippen LogP contribution >= 0.6 is 23.4 Å². The lowest BCUT2D eigenvalue weighted by molar-refractivity contribution is -0.113. The average molecular weight is 434 g/mol. The van der Waals surface area contributed by atoms with Gasteiger partial charge in [-0.2, -0.15) is 0 Å². The maximum Gasteiger partial charge on any atom is 0.261 e. The molecule has 0 radical (unpaired) electrons. The highest BCUT2D eigenvalue weighted by Gasteiger charge is 2.13. The number of halogens is 1. The van der Waals surface area contributed by atoms with Crippen LogP contribution in [0, 0.1) is 0 Å². The summed E-state index contributed by atoms with van der Waals surface area (Å²) in [6.07, 6.45) is 1.46. The van der Waals surface area contributed by atoms with Crippen molar-refractivity contribution in [3.05, 3.63) is 77.9 Å². The Kier molecular flexibility index (Phi) is 6.56. The molecule has 28 heavy (non-hydrogen) atoms. The molecular weight excluding hydrogens is 418 g/mol. The Morgan fingerprint density at radius 1 is 1.00 bits per heavy atom. The van der Waals surface area contributed by atoms with Crippen molar-refractivity contribution in [2.75, 3.05) is 15.8 Å². The van der Waals surface area contributed by atoms with Crippen molar-refractivity contribution in [1.29, 1.82) is 0 Å². The second-order valence-electron chi connectivity index (χ2n) is 5.64. The topological polar surface area (TPSA) is 88.2 Å². The van der Waals surface area contributed by atoms with Gasteiger partial charge in [-0.3, -0.25) is 9.52 Å². The fourth-order valence-electron chi connectivity index (χ4n) is 2.21. The van der Waals surface area contributed by atoms with Crippen molar-refractivity contribution in [3.63, 3.8) is 0 Å². The van der Waals surface area contributed by atoms with Crippen LogP contribution in [0.5, 0.6) is 0 Å². The maximum atomic E-state index is 12.3. The third-order valence-electron chi connectivity index (χ3n) is 3.52. The molecule has 2 N–H and O–H groups in total. The van der Waals surface area contributed by atoms with Crippen LogP contribution in [0.4, 0.5) is 11.5 Å². The van der Waals surface area contributed by atoms with Gasteiger partial charge in [-0.05, 0) is 48.5 Å². The van der Waals surface area contributed by atoms with Gasteiger partial charge < -0.3 is 5.32 Å². The van der Waals surface area contributed by atoms with Crippen LogP contribution in [-0.2, 0) is 14.8 Å². The Balaban J connectivity index is 1.54. The molecule has 0 spiro atoms. The molecule has 0 aliphatic rings. The van der Waals surface area contributed by atoms with E-state index in [0.717, 1.165) is 4.90 Å². The van der Waals surface area contributed by atoms with Gasteiger partial charge in [0.1, 0.15) is 5.82 Å². The smallest absolute Gasteiger partial charge is 0.261 e. The van der Waals surface area contributed by atoms with Gasteiger partial charge in [-0.1, -0.05) is 29.8 Å². The normalized spacial score (nSPS) is 11.0. The highest BCUT2D eigenvalue weighted by Crippen LogP contribution is 2.22. The minimum Gasteiger partial charge on any atom is -0.310 e. The number of carbonyl (C=O) groups is 1. The molecule has 144 valence electrons. The van der Waals surface area contributed by atoms with Crippen molar-refractivity contribution < 1.29 is 13.2 Å². The maximum absolute atomic E-state index is 12.3. The summed E-state index contributed by atoms with van der Waals surface area (Å²) in [5.74, 6) is 0.425. The zero-order valence-electron chi connectivity index (χ0n) is 14.5. The van der Waals surface area contributed by atoms with E-state index in [9.17, 15) is 13.2 Å². The average Bonchev–Trinajstić information content (AvgIpc) is 2.70. The third-order valence-corrected chi connectivity index (χ3v) is 6.16. The van der Waals surface area contributed by atoms with Crippen molar-refractivity contribution in [1.82, 2.24) is 4.98 Å². The monoisotopic (exact) mass is 433 g/mol. The molecule has 3 aromatic rings. The van der Waals surface area contributed by atoms with Crippen molar-refractivity contribution in [3.8, 4) is 0 Å². The van der Waals surface area contributed by atoms with Crippen LogP contribution in [0.3, 0.4) is 0 Å². The number of carbonyl (C=O) groups excluding carboxylic acids is 1. The second-order valence-corrected chi connectivity index (χ2v) is 8.81. The standard InChI is InChI=1S/C19H16ClN3O3S2/c20-14-6-11-18(21-12-14)22-19(24)13-27-16-9-7-15(8-10-16)23-28(25,26)17-4-2-1-3-5-17/h1-12,23H,13H2,(H,21,22,24). The van der Waals surface area contributed by atoms with Gasteiger partial charge in [0.25, 0.3) is 10.0 Å². The number of nitrogens with zero attached hydrogens (tertiary/aromatic N) is 1. The Morgan fingerprint density at radius 2 is 1.71 bits per heavy atom. The minimum atomic E-state index is -3.63. The highest BCUT2D eigenvalue weighted by molar-refractivity contribution is 8.00. The number of hydrogen-bond acceptors (Lipinski definition) is 5. The molecule has 1 amide bonds. The van der Waals surface area contributed by atoms with Crippen molar-refractivity contribution in [2.45, 2.75) is 9.79 Å². The van der Waals surface area contributed by atoms with Crippen LogP contribution in [0.1, 0.15) is 0 Å². The van der Waals surface area contributed by atoms with Crippen LogP contribution in [0.15, 0.2) is 82.7 Å². The summed E-state index contributed by atoms with van der Waals surface area (Å²) in [5.41, 5.74) is 0.447. The quantitative estimate of drug-likeness (QED) is 0.543. The largest absolute Gasteiger partial charge is 0.310 e. The summed E-state index contributed by atoms with van der Waals surface area (Å²) in [6.45, 7) is 0. The molecule has 6 nitrogen and oxygen atoms in total. The van der Waals surface area contributed by atoms with E-state index in [0.29, 0.717) is 16.5 Å². The number of aromatic nitrogens is 1. The number of nitrogens with one attached hydrogen (secondary N) is 2. The molecule has 1 aromatic heterocycles. The second kappa shape index (κ2) is 9.09. The highest BCUT2D eigenvalue weighted by atomic mass is 35.5. The number of rotatable bonds is 7. The number of anilines is 2. The third kappa shape index (κ3) is 5.72. The zero-order chi connectivity index (χ0) is 20.0. The summed E-state index contributed by atoms with van der Waals surface area (Å²) in [6, 6.07) is 18.2. The van der Waals surface area contributed by atoms with E-state index in [4.69, 9.17) is 11.6 Å². The Morgan fingerprint density at radius 3 is 2.36 bits per heavy atom. The van der Waals surface area contributed by atoms with Gasteiger partial charge >= 0.3 is 0 Å². The first kappa shape index (κ1) is 20.2. The van der Waals surface area contributed by atoms with Gasteiger partial charge in [0.15, 0.2) is 0 Å². The number of pyridine rings is 1. The lowest BCUT2D eigenvalue weighted by atomic mass is 10.3. The zero-order valence-corrected chi connectivity index (χ0v) is 16.9. The summed E-state index contributed by atoms with van der Waals surface area (Å²) >= 11 is 7.09. The number of hydrogen-bond donors (Lipinski definition) is 2. The van der Waals surface area contributed by atoms with Crippen LogP contribution < -0.4 is 10.0 Å². The SMILES string of the molecule is O=C(CSc1ccc(NS(=O)(=O)c2ccccc2)cc1)Nc1ccc(Cl)cn1. The van der Waals surface area contributed by atoms with Gasteiger partial charge in [-0.25, -0.2) is 13.4 Å². The van der Waals surface area contributed by atoms with Gasteiger partial charge in [0.2, 0.25) is 5.91 Å². The van der Waals surface area contributed by atoms with Crippen molar-refractivity contribution in [2.24, 2.45) is 0 Å². The van der Waals surface area contributed by atoms with E-state index in [2.05, 4.69) is 15.0 Å². The number of thioether (sulfide) groups is 1. The van der Waals surface area contributed by atoms with E-state index in [1.807, 2.05) is 0 Å². The molecule has 3 rings (SSSR count). The van der Waals surface area contributed by atoms with Crippen LogP contribution in [0.25, 0.3) is 0 Å². The molecule has 0 saturated heterocycles. The lowest BCUT2D eigenvalue weighted by Crippen LogP contribution is -2.14. The predicted molar refractivity (Wildman–Crippen MR) is 112 cm³/mol. The first-order valence-electron chi connectivity index (χ1n) is 8.14. The lowest BCUT2D eigenvalue weighted by Gasteiger charge is -2.09. The summed E-state index contributed by atoms with van der Waals surface area (Å²) in [4.78, 5) is 17.0. The molecule has 0 atom stereocenters. The van der Waals surface area contributed by atoms with Crippen LogP contribution in [-0.4, -0.2) is 25.1 Å². The van der Waals surface area contributed by atoms with E-state index in [-0.39, 0.29) is 16.6 Å². The fraction of sp³-hybridized carbons (Fsp3) is 0.0526. The molecule has 1 heterocycles. The molecular formula is C19H16ClN3O3S2. The molecule has 0 aliphatic carbocycles. The summed E-state index contributed by atoms with van der Waals surface area (Å²) < 4.78 is 27.2. The fourth-order valence-corrected chi connectivity index (χ4v) is 4.10. The molecule has 0 aliphatic heterocycles. The van der Waals surface area contributed by atoms with Crippen LogP contribution in [0.2, 0.25) is 5.02 Å². The minimum absolute atomic E-state index is 0.194. The Labute approximate surface area is 172 Å². The molecule has 0 unspecified atom stereocenters. The van der Waals surface area contributed by atoms with E-state index < -0.39 is 10.0 Å². The molecule has 9 heteroatoms. The Hall–Kier alpha value is -2.55. The Bertz CT molecular complexity index is 1040.